The number of carbonyl (C=O) groups is 1. The fourth-order valence-electron chi connectivity index (χ4n) is 2.29. The molecular formula is C19H22BrNO2. The van der Waals surface area contributed by atoms with Crippen LogP contribution in [-0.4, -0.2) is 30.3 Å². The van der Waals surface area contributed by atoms with Crippen LogP contribution in [-0.2, 0) is 0 Å². The normalized spacial score (nSPS) is 10.8. The Hall–Kier alpha value is -1.65. The molecule has 0 saturated carbocycles. The lowest BCUT2D eigenvalue weighted by atomic mass is 10.1. The van der Waals surface area contributed by atoms with Gasteiger partial charge in [0.1, 0.15) is 11.5 Å². The summed E-state index contributed by atoms with van der Waals surface area (Å²) >= 11 is 3.39. The standard InChI is InChI=1S/C19H22BrNO2/c1-3-21(4-2)14-13-19(22)15-5-9-17(10-6-15)23-18-11-7-16(20)8-12-18/h5-12H,3-4,13-14H2,1-2H3. The summed E-state index contributed by atoms with van der Waals surface area (Å²) in [5.41, 5.74) is 0.736. The van der Waals surface area contributed by atoms with Crippen LogP contribution in [0.25, 0.3) is 0 Å². The van der Waals surface area contributed by atoms with Gasteiger partial charge in [-0.05, 0) is 61.6 Å². The van der Waals surface area contributed by atoms with Crippen LogP contribution in [0.3, 0.4) is 0 Å². The molecule has 0 fully saturated rings. The van der Waals surface area contributed by atoms with Crippen molar-refractivity contribution in [2.75, 3.05) is 19.6 Å². The molecule has 4 heteroatoms. The molecule has 0 N–H and O–H groups in total. The molecule has 3 nitrogen and oxygen atoms in total. The predicted octanol–water partition coefficient (Wildman–Crippen LogP) is 5.16. The van der Waals surface area contributed by atoms with Gasteiger partial charge in [-0.3, -0.25) is 4.79 Å². The van der Waals surface area contributed by atoms with Crippen LogP contribution in [0.15, 0.2) is 53.0 Å². The summed E-state index contributed by atoms with van der Waals surface area (Å²) in [5.74, 6) is 1.67. The molecule has 2 aromatic carbocycles. The summed E-state index contributed by atoms with van der Waals surface area (Å²) < 4.78 is 6.77. The first-order valence-electron chi connectivity index (χ1n) is 7.91. The van der Waals surface area contributed by atoms with Crippen molar-refractivity contribution in [2.24, 2.45) is 0 Å². The Morgan fingerprint density at radius 1 is 0.957 bits per heavy atom. The summed E-state index contributed by atoms with van der Waals surface area (Å²) in [6, 6.07) is 15.0. The summed E-state index contributed by atoms with van der Waals surface area (Å²) in [6.07, 6.45) is 0.550. The molecule has 0 aliphatic heterocycles. The molecular weight excluding hydrogens is 354 g/mol. The Kier molecular flexibility index (Phi) is 6.81. The zero-order valence-electron chi connectivity index (χ0n) is 13.6. The molecule has 0 radical (unpaired) electrons. The van der Waals surface area contributed by atoms with Gasteiger partial charge in [-0.2, -0.15) is 0 Å². The van der Waals surface area contributed by atoms with E-state index in [1.165, 1.54) is 0 Å². The lowest BCUT2D eigenvalue weighted by Crippen LogP contribution is -2.25. The summed E-state index contributed by atoms with van der Waals surface area (Å²) in [4.78, 5) is 14.5. The van der Waals surface area contributed by atoms with Crippen molar-refractivity contribution in [1.82, 2.24) is 4.90 Å². The molecule has 23 heavy (non-hydrogen) atoms. The maximum Gasteiger partial charge on any atom is 0.164 e. The SMILES string of the molecule is CCN(CC)CCC(=O)c1ccc(Oc2ccc(Br)cc2)cc1. The second-order valence-electron chi connectivity index (χ2n) is 5.28. The van der Waals surface area contributed by atoms with Gasteiger partial charge in [0, 0.05) is 23.0 Å². The first kappa shape index (κ1) is 17.7. The molecule has 0 spiro atoms. The molecule has 0 bridgehead atoms. The van der Waals surface area contributed by atoms with Crippen molar-refractivity contribution in [1.29, 1.82) is 0 Å². The van der Waals surface area contributed by atoms with E-state index < -0.39 is 0 Å². The fourth-order valence-corrected chi connectivity index (χ4v) is 2.56. The Morgan fingerprint density at radius 2 is 1.48 bits per heavy atom. The van der Waals surface area contributed by atoms with Gasteiger partial charge in [0.15, 0.2) is 5.78 Å². The van der Waals surface area contributed by atoms with E-state index in [0.717, 1.165) is 41.2 Å². The van der Waals surface area contributed by atoms with E-state index >= 15 is 0 Å². The first-order chi connectivity index (χ1) is 11.1. The number of carbonyl (C=O) groups excluding carboxylic acids is 1. The van der Waals surface area contributed by atoms with Crippen molar-refractivity contribution < 1.29 is 9.53 Å². The van der Waals surface area contributed by atoms with Crippen molar-refractivity contribution in [3.8, 4) is 11.5 Å². The largest absolute Gasteiger partial charge is 0.457 e. The molecule has 0 aliphatic carbocycles. The minimum Gasteiger partial charge on any atom is -0.457 e. The van der Waals surface area contributed by atoms with Crippen LogP contribution >= 0.6 is 15.9 Å². The highest BCUT2D eigenvalue weighted by Gasteiger charge is 2.08. The van der Waals surface area contributed by atoms with Gasteiger partial charge in [0.25, 0.3) is 0 Å². The molecule has 0 atom stereocenters. The number of Topliss-reactive ketones (excluding diaryl/α,β-unsaturated/α-hetero) is 1. The van der Waals surface area contributed by atoms with E-state index in [9.17, 15) is 4.79 Å². The van der Waals surface area contributed by atoms with Gasteiger partial charge >= 0.3 is 0 Å². The Morgan fingerprint density at radius 3 is 2.00 bits per heavy atom. The maximum atomic E-state index is 12.2. The van der Waals surface area contributed by atoms with Gasteiger partial charge in [0.05, 0.1) is 0 Å². The number of hydrogen-bond acceptors (Lipinski definition) is 3. The summed E-state index contributed by atoms with van der Waals surface area (Å²) in [5, 5.41) is 0. The minimum absolute atomic E-state index is 0.173. The van der Waals surface area contributed by atoms with Crippen LogP contribution in [0, 0.1) is 0 Å². The van der Waals surface area contributed by atoms with Crippen LogP contribution in [0.1, 0.15) is 30.6 Å². The van der Waals surface area contributed by atoms with E-state index in [1.54, 1.807) is 0 Å². The lowest BCUT2D eigenvalue weighted by Gasteiger charge is -2.17. The highest BCUT2D eigenvalue weighted by Crippen LogP contribution is 2.23. The van der Waals surface area contributed by atoms with Crippen LogP contribution < -0.4 is 4.74 Å². The fraction of sp³-hybridized carbons (Fsp3) is 0.316. The third-order valence-electron chi connectivity index (χ3n) is 3.78. The van der Waals surface area contributed by atoms with Crippen molar-refractivity contribution in [2.45, 2.75) is 20.3 Å². The zero-order chi connectivity index (χ0) is 16.7. The minimum atomic E-state index is 0.173. The number of ketones is 1. The molecule has 0 aromatic heterocycles. The number of rotatable bonds is 8. The van der Waals surface area contributed by atoms with Gasteiger partial charge < -0.3 is 9.64 Å². The molecule has 2 aromatic rings. The highest BCUT2D eigenvalue weighted by atomic mass is 79.9. The maximum absolute atomic E-state index is 12.2. The van der Waals surface area contributed by atoms with E-state index in [4.69, 9.17) is 4.74 Å². The van der Waals surface area contributed by atoms with E-state index in [0.29, 0.717) is 6.42 Å². The molecule has 0 amide bonds. The average molecular weight is 376 g/mol. The Bertz CT molecular complexity index is 619. The smallest absolute Gasteiger partial charge is 0.164 e. The summed E-state index contributed by atoms with van der Waals surface area (Å²) in [7, 11) is 0. The Labute approximate surface area is 146 Å². The van der Waals surface area contributed by atoms with Crippen molar-refractivity contribution in [3.05, 3.63) is 58.6 Å². The topological polar surface area (TPSA) is 29.5 Å². The molecule has 2 rings (SSSR count). The quantitative estimate of drug-likeness (QED) is 0.597. The van der Waals surface area contributed by atoms with Gasteiger partial charge in [-0.1, -0.05) is 29.8 Å². The molecule has 0 aliphatic rings. The molecule has 0 saturated heterocycles. The first-order valence-corrected chi connectivity index (χ1v) is 8.70. The Balaban J connectivity index is 1.93. The lowest BCUT2D eigenvalue weighted by molar-refractivity contribution is 0.0966. The second-order valence-corrected chi connectivity index (χ2v) is 6.20. The van der Waals surface area contributed by atoms with Crippen LogP contribution in [0.5, 0.6) is 11.5 Å². The number of hydrogen-bond donors (Lipinski definition) is 0. The highest BCUT2D eigenvalue weighted by molar-refractivity contribution is 9.10. The predicted molar refractivity (Wildman–Crippen MR) is 97.4 cm³/mol. The third-order valence-corrected chi connectivity index (χ3v) is 4.30. The van der Waals surface area contributed by atoms with Crippen LogP contribution in [0.4, 0.5) is 0 Å². The van der Waals surface area contributed by atoms with Crippen molar-refractivity contribution >= 4 is 21.7 Å². The molecule has 0 heterocycles. The number of benzene rings is 2. The van der Waals surface area contributed by atoms with Crippen molar-refractivity contribution in [3.63, 3.8) is 0 Å². The van der Waals surface area contributed by atoms with Crippen LogP contribution in [0.2, 0.25) is 0 Å². The summed E-state index contributed by atoms with van der Waals surface area (Å²) in [6.45, 7) is 6.99. The van der Waals surface area contributed by atoms with Gasteiger partial charge in [0.2, 0.25) is 0 Å². The number of nitrogens with zero attached hydrogens (tertiary/aromatic N) is 1. The van der Waals surface area contributed by atoms with E-state index in [-0.39, 0.29) is 5.78 Å². The molecule has 122 valence electrons. The third kappa shape index (κ3) is 5.48. The second kappa shape index (κ2) is 8.85. The zero-order valence-corrected chi connectivity index (χ0v) is 15.2. The van der Waals surface area contributed by atoms with Gasteiger partial charge in [-0.15, -0.1) is 0 Å². The van der Waals surface area contributed by atoms with E-state index in [2.05, 4.69) is 34.7 Å². The van der Waals surface area contributed by atoms with E-state index in [1.807, 2.05) is 48.5 Å². The number of halogens is 1. The average Bonchev–Trinajstić information content (AvgIpc) is 2.58. The molecule has 0 unspecified atom stereocenters. The van der Waals surface area contributed by atoms with Gasteiger partial charge in [-0.25, -0.2) is 0 Å². The monoisotopic (exact) mass is 375 g/mol. The number of ether oxygens (including phenoxy) is 1.